The molecule has 0 amide bonds. The quantitative estimate of drug-likeness (QED) is 0.846. The second-order valence-electron chi connectivity index (χ2n) is 3.75. The number of para-hydroxylation sites is 1. The van der Waals surface area contributed by atoms with Crippen LogP contribution >= 0.6 is 11.8 Å². The summed E-state index contributed by atoms with van der Waals surface area (Å²) in [6.07, 6.45) is 1.29. The van der Waals surface area contributed by atoms with Gasteiger partial charge in [0.25, 0.3) is 0 Å². The van der Waals surface area contributed by atoms with Crippen molar-refractivity contribution >= 4 is 11.8 Å². The summed E-state index contributed by atoms with van der Waals surface area (Å²) in [5.41, 5.74) is 1.25. The van der Waals surface area contributed by atoms with E-state index < -0.39 is 0 Å². The van der Waals surface area contributed by atoms with Gasteiger partial charge in [-0.2, -0.15) is 11.8 Å². The third-order valence-electron chi connectivity index (χ3n) is 2.70. The maximum Gasteiger partial charge on any atom is 0.123 e. The molecule has 0 aliphatic carbocycles. The number of benzene rings is 1. The molecule has 1 aromatic rings. The first-order valence-electron chi connectivity index (χ1n) is 5.33. The first-order chi connectivity index (χ1) is 7.40. The fraction of sp³-hybridized carbons (Fsp3) is 0.500. The molecule has 0 unspecified atom stereocenters. The van der Waals surface area contributed by atoms with Crippen LogP contribution in [0.1, 0.15) is 12.0 Å². The van der Waals surface area contributed by atoms with E-state index in [1.165, 1.54) is 23.5 Å². The minimum absolute atomic E-state index is 0.680. The summed E-state index contributed by atoms with van der Waals surface area (Å²) >= 11 is 2.03. The summed E-state index contributed by atoms with van der Waals surface area (Å²) < 4.78 is 5.32. The zero-order valence-corrected chi connectivity index (χ0v) is 9.85. The van der Waals surface area contributed by atoms with Crippen molar-refractivity contribution in [1.82, 2.24) is 5.32 Å². The summed E-state index contributed by atoms with van der Waals surface area (Å²) in [5, 5.41) is 3.57. The van der Waals surface area contributed by atoms with Crippen LogP contribution in [-0.4, -0.2) is 24.7 Å². The van der Waals surface area contributed by atoms with E-state index >= 15 is 0 Å². The van der Waals surface area contributed by atoms with Gasteiger partial charge in [0, 0.05) is 23.9 Å². The summed E-state index contributed by atoms with van der Waals surface area (Å²) in [7, 11) is 1.73. The van der Waals surface area contributed by atoms with E-state index in [0.717, 1.165) is 12.3 Å². The highest BCUT2D eigenvalue weighted by Crippen LogP contribution is 2.20. The van der Waals surface area contributed by atoms with Crippen molar-refractivity contribution in [3.05, 3.63) is 29.8 Å². The van der Waals surface area contributed by atoms with Gasteiger partial charge < -0.3 is 10.1 Å². The van der Waals surface area contributed by atoms with Crippen LogP contribution in [0, 0.1) is 0 Å². The number of thioether (sulfide) groups is 1. The first-order valence-corrected chi connectivity index (χ1v) is 6.48. The summed E-state index contributed by atoms with van der Waals surface area (Å²) in [6.45, 7) is 0.912. The van der Waals surface area contributed by atoms with Gasteiger partial charge >= 0.3 is 0 Å². The minimum Gasteiger partial charge on any atom is -0.496 e. The van der Waals surface area contributed by atoms with E-state index in [4.69, 9.17) is 4.74 Å². The monoisotopic (exact) mass is 223 g/mol. The van der Waals surface area contributed by atoms with Gasteiger partial charge in [-0.05, 0) is 18.2 Å². The van der Waals surface area contributed by atoms with Crippen molar-refractivity contribution < 1.29 is 4.74 Å². The molecule has 15 heavy (non-hydrogen) atoms. The Labute approximate surface area is 95.4 Å². The summed E-state index contributed by atoms with van der Waals surface area (Å²) in [6, 6.07) is 8.88. The lowest BCUT2D eigenvalue weighted by Crippen LogP contribution is -2.28. The number of methoxy groups -OCH3 is 1. The summed E-state index contributed by atoms with van der Waals surface area (Å²) in [5.74, 6) is 3.52. The predicted octanol–water partition coefficient (Wildman–Crippen LogP) is 2.29. The molecule has 82 valence electrons. The zero-order valence-electron chi connectivity index (χ0n) is 9.03. The molecule has 1 aromatic carbocycles. The molecule has 1 aliphatic rings. The molecule has 2 nitrogen and oxygen atoms in total. The molecule has 2 rings (SSSR count). The number of nitrogens with one attached hydrogen (secondary N) is 1. The van der Waals surface area contributed by atoms with E-state index in [0.29, 0.717) is 6.04 Å². The highest BCUT2D eigenvalue weighted by atomic mass is 32.2. The van der Waals surface area contributed by atoms with Crippen LogP contribution in [0.2, 0.25) is 0 Å². The highest BCUT2D eigenvalue weighted by molar-refractivity contribution is 7.99. The molecule has 0 spiro atoms. The highest BCUT2D eigenvalue weighted by Gasteiger charge is 2.14. The Hall–Kier alpha value is -0.670. The molecule has 1 saturated heterocycles. The topological polar surface area (TPSA) is 21.3 Å². The molecular weight excluding hydrogens is 206 g/mol. The number of hydrogen-bond acceptors (Lipinski definition) is 3. The second kappa shape index (κ2) is 5.42. The zero-order chi connectivity index (χ0) is 10.5. The van der Waals surface area contributed by atoms with Crippen LogP contribution in [0.25, 0.3) is 0 Å². The van der Waals surface area contributed by atoms with Crippen LogP contribution in [0.3, 0.4) is 0 Å². The van der Waals surface area contributed by atoms with E-state index in [-0.39, 0.29) is 0 Å². The van der Waals surface area contributed by atoms with Crippen molar-refractivity contribution in [1.29, 1.82) is 0 Å². The van der Waals surface area contributed by atoms with Crippen LogP contribution in [0.4, 0.5) is 0 Å². The van der Waals surface area contributed by atoms with E-state index in [1.807, 2.05) is 23.9 Å². The molecule has 1 heterocycles. The fourth-order valence-electron chi connectivity index (χ4n) is 1.80. The molecule has 1 fully saturated rings. The molecule has 3 heteroatoms. The Morgan fingerprint density at radius 1 is 1.47 bits per heavy atom. The van der Waals surface area contributed by atoms with Gasteiger partial charge in [-0.3, -0.25) is 0 Å². The molecular formula is C12H17NOS. The Kier molecular flexibility index (Phi) is 3.92. The lowest BCUT2D eigenvalue weighted by atomic mass is 10.2. The number of rotatable bonds is 4. The third kappa shape index (κ3) is 2.89. The largest absolute Gasteiger partial charge is 0.496 e. The number of ether oxygens (including phenoxy) is 1. The minimum atomic E-state index is 0.680. The lowest BCUT2D eigenvalue weighted by molar-refractivity contribution is 0.406. The van der Waals surface area contributed by atoms with Crippen LogP contribution in [-0.2, 0) is 6.54 Å². The van der Waals surface area contributed by atoms with Gasteiger partial charge in [0.05, 0.1) is 7.11 Å². The van der Waals surface area contributed by atoms with Gasteiger partial charge in [-0.15, -0.1) is 0 Å². The summed E-state index contributed by atoms with van der Waals surface area (Å²) in [4.78, 5) is 0. The van der Waals surface area contributed by atoms with Crippen molar-refractivity contribution in [2.45, 2.75) is 19.0 Å². The maximum atomic E-state index is 5.32. The molecule has 1 atom stereocenters. The Balaban J connectivity index is 1.91. The van der Waals surface area contributed by atoms with Gasteiger partial charge in [0.15, 0.2) is 0 Å². The Bertz CT molecular complexity index is 310. The molecule has 0 radical (unpaired) electrons. The van der Waals surface area contributed by atoms with Gasteiger partial charge in [0.1, 0.15) is 5.75 Å². The first kappa shape index (κ1) is 10.8. The van der Waals surface area contributed by atoms with E-state index in [9.17, 15) is 0 Å². The van der Waals surface area contributed by atoms with Gasteiger partial charge in [-0.1, -0.05) is 18.2 Å². The van der Waals surface area contributed by atoms with E-state index in [2.05, 4.69) is 17.4 Å². The normalized spacial score (nSPS) is 20.5. The van der Waals surface area contributed by atoms with Crippen LogP contribution < -0.4 is 10.1 Å². The average molecular weight is 223 g/mol. The molecule has 1 aliphatic heterocycles. The Morgan fingerprint density at radius 3 is 3.07 bits per heavy atom. The maximum absolute atomic E-state index is 5.32. The SMILES string of the molecule is COc1ccccc1CN[C@@H]1CCSC1. The van der Waals surface area contributed by atoms with Crippen LogP contribution in [0.15, 0.2) is 24.3 Å². The van der Waals surface area contributed by atoms with Gasteiger partial charge in [-0.25, -0.2) is 0 Å². The second-order valence-corrected chi connectivity index (χ2v) is 4.90. The average Bonchev–Trinajstić information content (AvgIpc) is 2.79. The van der Waals surface area contributed by atoms with Crippen molar-refractivity contribution in [2.75, 3.05) is 18.6 Å². The van der Waals surface area contributed by atoms with Crippen LogP contribution in [0.5, 0.6) is 5.75 Å². The smallest absolute Gasteiger partial charge is 0.123 e. The van der Waals surface area contributed by atoms with Crippen molar-refractivity contribution in [3.8, 4) is 5.75 Å². The third-order valence-corrected chi connectivity index (χ3v) is 3.87. The fourth-order valence-corrected chi connectivity index (χ4v) is 2.99. The Morgan fingerprint density at radius 2 is 2.33 bits per heavy atom. The van der Waals surface area contributed by atoms with E-state index in [1.54, 1.807) is 7.11 Å². The lowest BCUT2D eigenvalue weighted by Gasteiger charge is -2.13. The standard InChI is InChI=1S/C12H17NOS/c1-14-12-5-3-2-4-10(12)8-13-11-6-7-15-9-11/h2-5,11,13H,6-9H2,1H3/t11-/m1/s1. The predicted molar refractivity (Wildman–Crippen MR) is 65.6 cm³/mol. The van der Waals surface area contributed by atoms with Crippen molar-refractivity contribution in [2.24, 2.45) is 0 Å². The molecule has 0 saturated carbocycles. The molecule has 0 bridgehead atoms. The number of hydrogen-bond donors (Lipinski definition) is 1. The van der Waals surface area contributed by atoms with Crippen molar-refractivity contribution in [3.63, 3.8) is 0 Å². The molecule has 1 N–H and O–H groups in total. The molecule has 0 aromatic heterocycles. The van der Waals surface area contributed by atoms with Gasteiger partial charge in [0.2, 0.25) is 0 Å².